The molecule has 0 bridgehead atoms. The molecule has 2 N–H and O–H groups in total. The number of aliphatic carboxylic acids is 1. The number of rotatable bonds is 7. The molecule has 6 heteroatoms. The van der Waals surface area contributed by atoms with Gasteiger partial charge in [-0.25, -0.2) is 4.79 Å². The van der Waals surface area contributed by atoms with Gasteiger partial charge in [0.2, 0.25) is 0 Å². The number of nitrogens with one attached hydrogen (secondary N) is 1. The van der Waals surface area contributed by atoms with E-state index in [0.29, 0.717) is 17.2 Å². The van der Waals surface area contributed by atoms with Crippen LogP contribution in [0.5, 0.6) is 5.75 Å². The summed E-state index contributed by atoms with van der Waals surface area (Å²) in [5.74, 6) is -0.784. The first-order valence-electron chi connectivity index (χ1n) is 6.70. The number of hydrogen-bond acceptors (Lipinski definition) is 3. The first-order valence-corrected chi connectivity index (χ1v) is 7.08. The maximum Gasteiger partial charge on any atom is 0.326 e. The van der Waals surface area contributed by atoms with Crippen LogP contribution < -0.4 is 10.1 Å². The van der Waals surface area contributed by atoms with Crippen LogP contribution in [0.3, 0.4) is 0 Å². The highest BCUT2D eigenvalue weighted by molar-refractivity contribution is 6.30. The van der Waals surface area contributed by atoms with Crippen LogP contribution in [-0.2, 0) is 9.59 Å². The normalized spacial score (nSPS) is 12.0. The van der Waals surface area contributed by atoms with Crippen LogP contribution in [0.25, 0.3) is 0 Å². The molecule has 0 aliphatic heterocycles. The van der Waals surface area contributed by atoms with E-state index in [1.807, 2.05) is 20.8 Å². The standard InChI is InChI=1S/C15H20ClNO4/c1-9(2)6-12(15(19)20)17-14(18)8-21-13-5-4-11(16)7-10(13)3/h4-5,7,9,12H,6,8H2,1-3H3,(H,17,18)(H,19,20). The SMILES string of the molecule is Cc1cc(Cl)ccc1OCC(=O)NC(CC(C)C)C(=O)O. The zero-order chi connectivity index (χ0) is 16.0. The van der Waals surface area contributed by atoms with Gasteiger partial charge >= 0.3 is 5.97 Å². The van der Waals surface area contributed by atoms with Crippen molar-refractivity contribution in [2.24, 2.45) is 5.92 Å². The van der Waals surface area contributed by atoms with E-state index in [4.69, 9.17) is 21.4 Å². The molecule has 116 valence electrons. The molecule has 5 nitrogen and oxygen atoms in total. The Balaban J connectivity index is 2.54. The molecule has 0 spiro atoms. The Bertz CT molecular complexity index is 516. The second-order valence-corrected chi connectivity index (χ2v) is 5.72. The molecule has 1 unspecified atom stereocenters. The van der Waals surface area contributed by atoms with E-state index in [2.05, 4.69) is 5.32 Å². The van der Waals surface area contributed by atoms with Gasteiger partial charge in [0, 0.05) is 5.02 Å². The predicted octanol–water partition coefficient (Wildman–Crippen LogP) is 2.64. The molecule has 0 saturated carbocycles. The largest absolute Gasteiger partial charge is 0.484 e. The van der Waals surface area contributed by atoms with Crippen molar-refractivity contribution in [1.29, 1.82) is 0 Å². The van der Waals surface area contributed by atoms with E-state index in [9.17, 15) is 9.59 Å². The molecule has 1 atom stereocenters. The van der Waals surface area contributed by atoms with Crippen molar-refractivity contribution >= 4 is 23.5 Å². The Morgan fingerprint density at radius 2 is 2.05 bits per heavy atom. The number of carbonyl (C=O) groups is 2. The Hall–Kier alpha value is -1.75. The smallest absolute Gasteiger partial charge is 0.326 e. The van der Waals surface area contributed by atoms with E-state index in [1.54, 1.807) is 18.2 Å². The summed E-state index contributed by atoms with van der Waals surface area (Å²) in [7, 11) is 0. The number of carboxylic acid groups (broad SMARTS) is 1. The quantitative estimate of drug-likeness (QED) is 0.811. The van der Waals surface area contributed by atoms with Crippen molar-refractivity contribution in [1.82, 2.24) is 5.32 Å². The second-order valence-electron chi connectivity index (χ2n) is 5.29. The van der Waals surface area contributed by atoms with Crippen LogP contribution in [0.15, 0.2) is 18.2 Å². The lowest BCUT2D eigenvalue weighted by Crippen LogP contribution is -2.43. The fraction of sp³-hybridized carbons (Fsp3) is 0.467. The first-order chi connectivity index (χ1) is 9.79. The van der Waals surface area contributed by atoms with Gasteiger partial charge in [-0.05, 0) is 43.0 Å². The van der Waals surface area contributed by atoms with Gasteiger partial charge in [0.05, 0.1) is 0 Å². The lowest BCUT2D eigenvalue weighted by atomic mass is 10.0. The highest BCUT2D eigenvalue weighted by Gasteiger charge is 2.21. The summed E-state index contributed by atoms with van der Waals surface area (Å²) < 4.78 is 5.38. The van der Waals surface area contributed by atoms with Crippen LogP contribution >= 0.6 is 11.6 Å². The number of ether oxygens (including phenoxy) is 1. The highest BCUT2D eigenvalue weighted by Crippen LogP contribution is 2.21. The van der Waals surface area contributed by atoms with Crippen LogP contribution in [0, 0.1) is 12.8 Å². The molecule has 1 amide bonds. The van der Waals surface area contributed by atoms with E-state index < -0.39 is 17.9 Å². The summed E-state index contributed by atoms with van der Waals surface area (Å²) in [6, 6.07) is 4.18. The zero-order valence-corrected chi connectivity index (χ0v) is 13.1. The predicted molar refractivity (Wildman–Crippen MR) is 80.7 cm³/mol. The number of halogens is 1. The summed E-state index contributed by atoms with van der Waals surface area (Å²) in [6.07, 6.45) is 0.376. The van der Waals surface area contributed by atoms with Crippen molar-refractivity contribution in [3.63, 3.8) is 0 Å². The highest BCUT2D eigenvalue weighted by atomic mass is 35.5. The van der Waals surface area contributed by atoms with E-state index in [0.717, 1.165) is 5.56 Å². The first kappa shape index (κ1) is 17.3. The fourth-order valence-electron chi connectivity index (χ4n) is 1.85. The average Bonchev–Trinajstić information content (AvgIpc) is 2.36. The molecule has 0 saturated heterocycles. The molecule has 0 aliphatic carbocycles. The third-order valence-corrected chi connectivity index (χ3v) is 3.07. The summed E-state index contributed by atoms with van der Waals surface area (Å²) >= 11 is 5.83. The van der Waals surface area contributed by atoms with Crippen LogP contribution in [-0.4, -0.2) is 29.6 Å². The van der Waals surface area contributed by atoms with E-state index in [-0.39, 0.29) is 12.5 Å². The molecule has 0 heterocycles. The van der Waals surface area contributed by atoms with Gasteiger partial charge in [0.25, 0.3) is 5.91 Å². The number of aryl methyl sites for hydroxylation is 1. The lowest BCUT2D eigenvalue weighted by molar-refractivity contribution is -0.142. The van der Waals surface area contributed by atoms with Gasteiger partial charge in [0.15, 0.2) is 6.61 Å². The monoisotopic (exact) mass is 313 g/mol. The third-order valence-electron chi connectivity index (χ3n) is 2.84. The minimum absolute atomic E-state index is 0.172. The van der Waals surface area contributed by atoms with Crippen LogP contribution in [0.4, 0.5) is 0 Å². The van der Waals surface area contributed by atoms with Gasteiger partial charge < -0.3 is 15.2 Å². The number of carbonyl (C=O) groups excluding carboxylic acids is 1. The zero-order valence-electron chi connectivity index (χ0n) is 12.4. The second kappa shape index (κ2) is 7.88. The molecule has 1 rings (SSSR count). The number of hydrogen-bond donors (Lipinski definition) is 2. The Morgan fingerprint density at radius 1 is 1.38 bits per heavy atom. The molecule has 0 aliphatic rings. The van der Waals surface area contributed by atoms with Gasteiger partial charge in [-0.3, -0.25) is 4.79 Å². The van der Waals surface area contributed by atoms with Gasteiger partial charge in [-0.1, -0.05) is 25.4 Å². The van der Waals surface area contributed by atoms with Crippen LogP contribution in [0.1, 0.15) is 25.8 Å². The Kier molecular flexibility index (Phi) is 6.49. The van der Waals surface area contributed by atoms with Crippen molar-refractivity contribution in [3.8, 4) is 5.75 Å². The molecular weight excluding hydrogens is 294 g/mol. The molecular formula is C15H20ClNO4. The molecule has 21 heavy (non-hydrogen) atoms. The van der Waals surface area contributed by atoms with Crippen LogP contribution in [0.2, 0.25) is 5.02 Å². The molecule has 1 aromatic rings. The van der Waals surface area contributed by atoms with Gasteiger partial charge in [0.1, 0.15) is 11.8 Å². The van der Waals surface area contributed by atoms with Crippen molar-refractivity contribution in [3.05, 3.63) is 28.8 Å². The lowest BCUT2D eigenvalue weighted by Gasteiger charge is -2.17. The summed E-state index contributed by atoms with van der Waals surface area (Å²) in [4.78, 5) is 22.8. The fourth-order valence-corrected chi connectivity index (χ4v) is 2.07. The Labute approximate surface area is 129 Å². The Morgan fingerprint density at radius 3 is 2.57 bits per heavy atom. The van der Waals surface area contributed by atoms with E-state index >= 15 is 0 Å². The molecule has 0 radical (unpaired) electrons. The average molecular weight is 314 g/mol. The minimum Gasteiger partial charge on any atom is -0.484 e. The van der Waals surface area contributed by atoms with Gasteiger partial charge in [-0.2, -0.15) is 0 Å². The molecule has 1 aromatic carbocycles. The minimum atomic E-state index is -1.04. The number of carboxylic acids is 1. The van der Waals surface area contributed by atoms with Crippen molar-refractivity contribution in [2.45, 2.75) is 33.2 Å². The van der Waals surface area contributed by atoms with E-state index in [1.165, 1.54) is 0 Å². The molecule has 0 fully saturated rings. The molecule has 0 aromatic heterocycles. The summed E-state index contributed by atoms with van der Waals surface area (Å²) in [5.41, 5.74) is 0.812. The van der Waals surface area contributed by atoms with Crippen molar-refractivity contribution < 1.29 is 19.4 Å². The maximum atomic E-state index is 11.8. The third kappa shape index (κ3) is 6.04. The van der Waals surface area contributed by atoms with Gasteiger partial charge in [-0.15, -0.1) is 0 Å². The summed E-state index contributed by atoms with van der Waals surface area (Å²) in [5, 5.41) is 12.1. The number of amides is 1. The maximum absolute atomic E-state index is 11.8. The topological polar surface area (TPSA) is 75.6 Å². The summed E-state index contributed by atoms with van der Waals surface area (Å²) in [6.45, 7) is 5.38. The van der Waals surface area contributed by atoms with Crippen molar-refractivity contribution in [2.75, 3.05) is 6.61 Å². The number of benzene rings is 1.